The molecule has 3 nitrogen and oxygen atoms in total. The Balaban J connectivity index is 3.10. The van der Waals surface area contributed by atoms with Crippen molar-refractivity contribution in [2.75, 3.05) is 6.54 Å². The Bertz CT molecular complexity index is 478. The van der Waals surface area contributed by atoms with Gasteiger partial charge in [0.15, 0.2) is 0 Å². The Morgan fingerprint density at radius 2 is 1.88 bits per heavy atom. The fourth-order valence-corrected chi connectivity index (χ4v) is 2.58. The molecule has 0 amide bonds. The number of hydrogen-bond donors (Lipinski definition) is 1. The average molecular weight is 237 g/mol. The Morgan fingerprint density at radius 1 is 1.19 bits per heavy atom. The van der Waals surface area contributed by atoms with Crippen molar-refractivity contribution in [2.24, 2.45) is 0 Å². The first kappa shape index (κ1) is 12.7. The van der Waals surface area contributed by atoms with Gasteiger partial charge in [-0.05, 0) is 18.1 Å². The maximum atomic E-state index is 11.9. The molecule has 0 radical (unpaired) electrons. The molecule has 0 spiro atoms. The molecule has 1 aromatic carbocycles. The molecule has 0 aliphatic rings. The number of allylic oxidation sites excluding steroid dienone is 1. The van der Waals surface area contributed by atoms with Crippen LogP contribution in [0.1, 0.15) is 5.56 Å². The smallest absolute Gasteiger partial charge is 0.207 e. The molecule has 0 aliphatic heterocycles. The van der Waals surface area contributed by atoms with E-state index < -0.39 is 10.0 Å². The van der Waals surface area contributed by atoms with Gasteiger partial charge in [0.2, 0.25) is 10.0 Å². The molecule has 1 rings (SSSR count). The number of hydrogen-bond acceptors (Lipinski definition) is 2. The van der Waals surface area contributed by atoms with Crippen LogP contribution < -0.4 is 4.72 Å². The van der Waals surface area contributed by atoms with Gasteiger partial charge in [0.25, 0.3) is 0 Å². The summed E-state index contributed by atoms with van der Waals surface area (Å²) in [4.78, 5) is 0.303. The zero-order chi connectivity index (χ0) is 12.0. The SMILES string of the molecule is C=CCNS(=O)(=O)c1ccccc1CC=C. The third-order valence-corrected chi connectivity index (χ3v) is 3.57. The maximum absolute atomic E-state index is 11.9. The molecule has 0 aromatic heterocycles. The summed E-state index contributed by atoms with van der Waals surface area (Å²) in [6.07, 6.45) is 3.72. The van der Waals surface area contributed by atoms with Crippen molar-refractivity contribution in [3.05, 3.63) is 55.1 Å². The fourth-order valence-electron chi connectivity index (χ4n) is 1.34. The Kier molecular flexibility index (Phi) is 4.46. The third kappa shape index (κ3) is 3.05. The molecule has 0 fully saturated rings. The van der Waals surface area contributed by atoms with Gasteiger partial charge in [-0.1, -0.05) is 30.4 Å². The highest BCUT2D eigenvalue weighted by Crippen LogP contribution is 2.15. The minimum atomic E-state index is -3.44. The Labute approximate surface area is 96.6 Å². The van der Waals surface area contributed by atoms with Gasteiger partial charge in [0.1, 0.15) is 0 Å². The molecular weight excluding hydrogens is 222 g/mol. The van der Waals surface area contributed by atoms with Gasteiger partial charge in [-0.2, -0.15) is 0 Å². The van der Waals surface area contributed by atoms with Crippen molar-refractivity contribution >= 4 is 10.0 Å². The standard InChI is InChI=1S/C12H15NO2S/c1-3-7-11-8-5-6-9-12(11)16(14,15)13-10-4-2/h3-6,8-9,13H,1-2,7,10H2. The largest absolute Gasteiger partial charge is 0.241 e. The topological polar surface area (TPSA) is 46.2 Å². The molecule has 86 valence electrons. The van der Waals surface area contributed by atoms with Crippen molar-refractivity contribution < 1.29 is 8.42 Å². The second kappa shape index (κ2) is 5.63. The van der Waals surface area contributed by atoms with Crippen LogP contribution in [0.25, 0.3) is 0 Å². The first-order valence-corrected chi connectivity index (χ1v) is 6.39. The van der Waals surface area contributed by atoms with E-state index in [1.54, 1.807) is 24.3 Å². The van der Waals surface area contributed by atoms with Crippen LogP contribution in [-0.2, 0) is 16.4 Å². The van der Waals surface area contributed by atoms with E-state index >= 15 is 0 Å². The summed E-state index contributed by atoms with van der Waals surface area (Å²) < 4.78 is 26.2. The van der Waals surface area contributed by atoms with Crippen molar-refractivity contribution in [3.8, 4) is 0 Å². The highest BCUT2D eigenvalue weighted by Gasteiger charge is 2.15. The molecule has 0 bridgehead atoms. The lowest BCUT2D eigenvalue weighted by Gasteiger charge is -2.08. The minimum absolute atomic E-state index is 0.227. The van der Waals surface area contributed by atoms with Gasteiger partial charge in [-0.15, -0.1) is 13.2 Å². The number of sulfonamides is 1. The van der Waals surface area contributed by atoms with E-state index in [0.717, 1.165) is 5.56 Å². The van der Waals surface area contributed by atoms with Crippen LogP contribution >= 0.6 is 0 Å². The molecule has 0 atom stereocenters. The Morgan fingerprint density at radius 3 is 2.50 bits per heavy atom. The van der Waals surface area contributed by atoms with E-state index in [1.807, 2.05) is 6.07 Å². The molecule has 0 saturated heterocycles. The van der Waals surface area contributed by atoms with Crippen LogP contribution in [0, 0.1) is 0 Å². The molecular formula is C12H15NO2S. The quantitative estimate of drug-likeness (QED) is 0.768. The van der Waals surface area contributed by atoms with Crippen molar-refractivity contribution in [1.29, 1.82) is 0 Å². The molecule has 4 heteroatoms. The summed E-state index contributed by atoms with van der Waals surface area (Å²) in [5.41, 5.74) is 0.745. The van der Waals surface area contributed by atoms with E-state index in [0.29, 0.717) is 11.3 Å². The lowest BCUT2D eigenvalue weighted by Crippen LogP contribution is -2.24. The van der Waals surface area contributed by atoms with E-state index in [4.69, 9.17) is 0 Å². The van der Waals surface area contributed by atoms with Crippen LogP contribution in [0.2, 0.25) is 0 Å². The van der Waals surface area contributed by atoms with E-state index in [2.05, 4.69) is 17.9 Å². The maximum Gasteiger partial charge on any atom is 0.241 e. The fraction of sp³-hybridized carbons (Fsp3) is 0.167. The van der Waals surface area contributed by atoms with Crippen molar-refractivity contribution in [3.63, 3.8) is 0 Å². The number of benzene rings is 1. The van der Waals surface area contributed by atoms with Crippen molar-refractivity contribution in [2.45, 2.75) is 11.3 Å². The van der Waals surface area contributed by atoms with Gasteiger partial charge < -0.3 is 0 Å². The Hall–Kier alpha value is -1.39. The summed E-state index contributed by atoms with van der Waals surface area (Å²) in [6, 6.07) is 6.88. The van der Waals surface area contributed by atoms with Crippen LogP contribution in [0.5, 0.6) is 0 Å². The van der Waals surface area contributed by atoms with E-state index in [9.17, 15) is 8.42 Å². The first-order chi connectivity index (χ1) is 7.61. The lowest BCUT2D eigenvalue weighted by atomic mass is 10.1. The predicted molar refractivity (Wildman–Crippen MR) is 65.7 cm³/mol. The van der Waals surface area contributed by atoms with Gasteiger partial charge >= 0.3 is 0 Å². The second-order valence-corrected chi connectivity index (χ2v) is 4.98. The molecule has 1 N–H and O–H groups in total. The van der Waals surface area contributed by atoms with E-state index in [1.165, 1.54) is 6.08 Å². The normalized spacial score (nSPS) is 11.0. The van der Waals surface area contributed by atoms with E-state index in [-0.39, 0.29) is 6.54 Å². The first-order valence-electron chi connectivity index (χ1n) is 4.91. The minimum Gasteiger partial charge on any atom is -0.207 e. The van der Waals surface area contributed by atoms with Gasteiger partial charge in [0, 0.05) is 6.54 Å². The van der Waals surface area contributed by atoms with Crippen LogP contribution in [0.3, 0.4) is 0 Å². The van der Waals surface area contributed by atoms with Gasteiger partial charge in [-0.3, -0.25) is 0 Å². The number of nitrogens with one attached hydrogen (secondary N) is 1. The van der Waals surface area contributed by atoms with Gasteiger partial charge in [-0.25, -0.2) is 13.1 Å². The summed E-state index contributed by atoms with van der Waals surface area (Å²) in [5.74, 6) is 0. The third-order valence-electron chi connectivity index (χ3n) is 2.04. The summed E-state index contributed by atoms with van der Waals surface area (Å²) >= 11 is 0. The molecule has 0 saturated carbocycles. The summed E-state index contributed by atoms with van der Waals surface area (Å²) in [7, 11) is -3.44. The van der Waals surface area contributed by atoms with Crippen LogP contribution in [-0.4, -0.2) is 15.0 Å². The van der Waals surface area contributed by atoms with Crippen LogP contribution in [0.4, 0.5) is 0 Å². The molecule has 0 heterocycles. The van der Waals surface area contributed by atoms with Crippen LogP contribution in [0.15, 0.2) is 54.5 Å². The molecule has 0 aliphatic carbocycles. The average Bonchev–Trinajstić information content (AvgIpc) is 2.27. The molecule has 1 aromatic rings. The van der Waals surface area contributed by atoms with Crippen molar-refractivity contribution in [1.82, 2.24) is 4.72 Å². The monoisotopic (exact) mass is 237 g/mol. The summed E-state index contributed by atoms with van der Waals surface area (Å²) in [5, 5.41) is 0. The van der Waals surface area contributed by atoms with Gasteiger partial charge in [0.05, 0.1) is 4.90 Å². The zero-order valence-electron chi connectivity index (χ0n) is 9.02. The number of rotatable bonds is 6. The molecule has 0 unspecified atom stereocenters. The lowest BCUT2D eigenvalue weighted by molar-refractivity contribution is 0.584. The highest BCUT2D eigenvalue weighted by molar-refractivity contribution is 7.89. The zero-order valence-corrected chi connectivity index (χ0v) is 9.83. The predicted octanol–water partition coefficient (Wildman–Crippen LogP) is 1.88. The highest BCUT2D eigenvalue weighted by atomic mass is 32.2. The molecule has 16 heavy (non-hydrogen) atoms. The summed E-state index contributed by atoms with van der Waals surface area (Å²) in [6.45, 7) is 7.31. The second-order valence-electron chi connectivity index (χ2n) is 3.24.